The number of aliphatic hydroxyl groups excluding tert-OH is 1. The highest BCUT2D eigenvalue weighted by Gasteiger charge is 2.36. The molecular weight excluding hydrogens is 480 g/mol. The van der Waals surface area contributed by atoms with Crippen LogP contribution in [0.15, 0.2) is 42.5 Å². The molecule has 0 saturated carbocycles. The molecule has 0 bridgehead atoms. The minimum Gasteiger partial charge on any atom is -0.390 e. The molecule has 0 radical (unpaired) electrons. The molecule has 5 N–H and O–H groups in total. The van der Waals surface area contributed by atoms with E-state index in [1.165, 1.54) is 0 Å². The minimum absolute atomic E-state index is 0. The van der Waals surface area contributed by atoms with E-state index < -0.39 is 24.1 Å². The number of carbonyl (C=O) groups is 3. The van der Waals surface area contributed by atoms with E-state index in [9.17, 15) is 19.5 Å². The van der Waals surface area contributed by atoms with Crippen LogP contribution >= 0.6 is 12.4 Å². The zero-order valence-corrected chi connectivity index (χ0v) is 22.1. The van der Waals surface area contributed by atoms with Crippen LogP contribution in [-0.4, -0.2) is 65.5 Å². The van der Waals surface area contributed by atoms with Gasteiger partial charge >= 0.3 is 0 Å². The lowest BCUT2D eigenvalue weighted by Gasteiger charge is -2.29. The Morgan fingerprint density at radius 1 is 1.14 bits per heavy atom. The molecule has 8 nitrogen and oxygen atoms in total. The molecule has 1 aliphatic heterocycles. The number of nitrogens with one attached hydrogen (secondary N) is 2. The van der Waals surface area contributed by atoms with Crippen molar-refractivity contribution < 1.29 is 19.5 Å². The van der Waals surface area contributed by atoms with Gasteiger partial charge in [0.25, 0.3) is 0 Å². The zero-order valence-electron chi connectivity index (χ0n) is 21.3. The Balaban J connectivity index is 0.00000456. The lowest BCUT2D eigenvalue weighted by molar-refractivity contribution is -0.140. The van der Waals surface area contributed by atoms with Gasteiger partial charge in [0.1, 0.15) is 12.1 Å². The van der Waals surface area contributed by atoms with E-state index in [0.717, 1.165) is 22.8 Å². The van der Waals surface area contributed by atoms with Crippen molar-refractivity contribution in [3.05, 3.63) is 48.0 Å². The number of benzene rings is 2. The molecule has 0 aromatic heterocycles. The van der Waals surface area contributed by atoms with Crippen molar-refractivity contribution in [3.63, 3.8) is 0 Å². The van der Waals surface area contributed by atoms with Crippen LogP contribution < -0.4 is 16.4 Å². The zero-order chi connectivity index (χ0) is 25.6. The van der Waals surface area contributed by atoms with Crippen molar-refractivity contribution in [2.24, 2.45) is 11.1 Å². The number of likely N-dealkylation sites (tertiary alicyclic amines) is 1. The van der Waals surface area contributed by atoms with Crippen LogP contribution in [0.4, 0.5) is 0 Å². The predicted octanol–water partition coefficient (Wildman–Crippen LogP) is 2.15. The van der Waals surface area contributed by atoms with E-state index >= 15 is 0 Å². The lowest BCUT2D eigenvalue weighted by atomic mass is 9.91. The van der Waals surface area contributed by atoms with Crippen molar-refractivity contribution in [1.82, 2.24) is 15.5 Å². The largest absolute Gasteiger partial charge is 0.390 e. The number of hydrogen-bond acceptors (Lipinski definition) is 5. The molecule has 1 unspecified atom stereocenters. The van der Waals surface area contributed by atoms with E-state index in [4.69, 9.17) is 5.73 Å². The molecule has 198 valence electrons. The Morgan fingerprint density at radius 3 is 2.50 bits per heavy atom. The third kappa shape index (κ3) is 8.18. The van der Waals surface area contributed by atoms with Crippen LogP contribution in [0.3, 0.4) is 0 Å². The molecule has 3 atom stereocenters. The topological polar surface area (TPSA) is 125 Å². The first-order chi connectivity index (χ1) is 16.6. The molecular formula is C27H39ClN4O4. The van der Waals surface area contributed by atoms with Crippen LogP contribution in [0.2, 0.25) is 0 Å². The third-order valence-electron chi connectivity index (χ3n) is 6.23. The van der Waals surface area contributed by atoms with E-state index in [-0.39, 0.29) is 49.1 Å². The summed E-state index contributed by atoms with van der Waals surface area (Å²) in [5, 5.41) is 17.5. The SMILES string of the molecule is CC(C)(C)CC(=O)N1CCC[C@H]1C(=O)N[C@H](Cc1ccc2ccccc2c1)C(=O)NCC(O)CN.Cl. The second-order valence-electron chi connectivity index (χ2n) is 10.6. The Hall–Kier alpha value is -2.68. The molecule has 2 aromatic rings. The Labute approximate surface area is 219 Å². The van der Waals surface area contributed by atoms with Gasteiger partial charge in [-0.1, -0.05) is 63.2 Å². The minimum atomic E-state index is -0.865. The van der Waals surface area contributed by atoms with Gasteiger partial charge in [0.2, 0.25) is 17.7 Å². The van der Waals surface area contributed by atoms with Gasteiger partial charge in [-0.15, -0.1) is 12.4 Å². The van der Waals surface area contributed by atoms with Crippen molar-refractivity contribution in [2.75, 3.05) is 19.6 Å². The second kappa shape index (κ2) is 13.0. The maximum Gasteiger partial charge on any atom is 0.243 e. The van der Waals surface area contributed by atoms with Gasteiger partial charge in [-0.05, 0) is 34.6 Å². The average Bonchev–Trinajstić information content (AvgIpc) is 3.31. The number of nitrogens with two attached hydrogens (primary N) is 1. The first-order valence-electron chi connectivity index (χ1n) is 12.3. The third-order valence-corrected chi connectivity index (χ3v) is 6.23. The Morgan fingerprint density at radius 2 is 1.83 bits per heavy atom. The summed E-state index contributed by atoms with van der Waals surface area (Å²) in [6.07, 6.45) is 1.09. The molecule has 1 fully saturated rings. The van der Waals surface area contributed by atoms with Gasteiger partial charge in [0.05, 0.1) is 6.10 Å². The summed E-state index contributed by atoms with van der Waals surface area (Å²) in [5.41, 5.74) is 6.17. The second-order valence-corrected chi connectivity index (χ2v) is 10.6. The number of amides is 3. The number of hydrogen-bond donors (Lipinski definition) is 4. The fourth-order valence-electron chi connectivity index (χ4n) is 4.40. The number of aliphatic hydroxyl groups is 1. The molecule has 1 saturated heterocycles. The molecule has 0 aliphatic carbocycles. The highest BCUT2D eigenvalue weighted by Crippen LogP contribution is 2.25. The normalized spacial score (nSPS) is 17.2. The first-order valence-corrected chi connectivity index (χ1v) is 12.3. The lowest BCUT2D eigenvalue weighted by Crippen LogP contribution is -2.54. The molecule has 3 rings (SSSR count). The average molecular weight is 519 g/mol. The highest BCUT2D eigenvalue weighted by atomic mass is 35.5. The van der Waals surface area contributed by atoms with Crippen molar-refractivity contribution in [1.29, 1.82) is 0 Å². The summed E-state index contributed by atoms with van der Waals surface area (Å²) in [5.74, 6) is -0.772. The van der Waals surface area contributed by atoms with Crippen LogP contribution in [0, 0.1) is 5.41 Å². The Bertz CT molecular complexity index is 1060. The van der Waals surface area contributed by atoms with E-state index in [1.807, 2.05) is 63.2 Å². The smallest absolute Gasteiger partial charge is 0.243 e. The van der Waals surface area contributed by atoms with E-state index in [0.29, 0.717) is 19.4 Å². The summed E-state index contributed by atoms with van der Waals surface area (Å²) in [4.78, 5) is 40.8. The molecule has 0 spiro atoms. The molecule has 3 amide bonds. The molecule has 9 heteroatoms. The highest BCUT2D eigenvalue weighted by molar-refractivity contribution is 5.93. The summed E-state index contributed by atoms with van der Waals surface area (Å²) in [6, 6.07) is 12.4. The standard InChI is InChI=1S/C27H38N4O4.ClH/c1-27(2,3)15-24(33)31-12-6-9-23(31)26(35)30-22(25(34)29-17-21(32)16-28)14-18-10-11-19-7-4-5-8-20(19)13-18;/h4-5,7-8,10-11,13,21-23,32H,6,9,12,14-17,28H2,1-3H3,(H,29,34)(H,30,35);1H/t21?,22-,23+;/m1./s1. The van der Waals surface area contributed by atoms with Crippen LogP contribution in [0.25, 0.3) is 10.8 Å². The Kier molecular flexibility index (Phi) is 10.7. The summed E-state index contributed by atoms with van der Waals surface area (Å²) in [7, 11) is 0. The number of halogens is 1. The summed E-state index contributed by atoms with van der Waals surface area (Å²) >= 11 is 0. The fraction of sp³-hybridized carbons (Fsp3) is 0.519. The number of nitrogens with zero attached hydrogens (tertiary/aromatic N) is 1. The van der Waals surface area contributed by atoms with Gasteiger partial charge < -0.3 is 26.4 Å². The molecule has 1 aliphatic rings. The maximum absolute atomic E-state index is 13.3. The van der Waals surface area contributed by atoms with Gasteiger partial charge in [-0.3, -0.25) is 14.4 Å². The molecule has 1 heterocycles. The molecule has 36 heavy (non-hydrogen) atoms. The maximum atomic E-state index is 13.3. The van der Waals surface area contributed by atoms with Crippen molar-refractivity contribution in [2.45, 2.75) is 64.6 Å². The monoisotopic (exact) mass is 518 g/mol. The quantitative estimate of drug-likeness (QED) is 0.405. The molecule has 2 aromatic carbocycles. The van der Waals surface area contributed by atoms with Gasteiger partial charge in [-0.2, -0.15) is 0 Å². The first kappa shape index (κ1) is 29.5. The fourth-order valence-corrected chi connectivity index (χ4v) is 4.40. The number of fused-ring (bicyclic) bond motifs is 1. The van der Waals surface area contributed by atoms with Crippen molar-refractivity contribution in [3.8, 4) is 0 Å². The van der Waals surface area contributed by atoms with Crippen LogP contribution in [0.1, 0.15) is 45.6 Å². The van der Waals surface area contributed by atoms with E-state index in [2.05, 4.69) is 10.6 Å². The summed E-state index contributed by atoms with van der Waals surface area (Å²) < 4.78 is 0. The number of carbonyl (C=O) groups excluding carboxylic acids is 3. The van der Waals surface area contributed by atoms with E-state index in [1.54, 1.807) is 4.90 Å². The van der Waals surface area contributed by atoms with Crippen molar-refractivity contribution >= 4 is 40.9 Å². The van der Waals surface area contributed by atoms with Gasteiger partial charge in [-0.25, -0.2) is 0 Å². The van der Waals surface area contributed by atoms with Crippen LogP contribution in [0.5, 0.6) is 0 Å². The van der Waals surface area contributed by atoms with Crippen LogP contribution in [-0.2, 0) is 20.8 Å². The predicted molar refractivity (Wildman–Crippen MR) is 144 cm³/mol. The number of rotatable bonds is 9. The van der Waals surface area contributed by atoms with Gasteiger partial charge in [0.15, 0.2) is 0 Å². The van der Waals surface area contributed by atoms with Gasteiger partial charge in [0, 0.05) is 32.5 Å². The summed E-state index contributed by atoms with van der Waals surface area (Å²) in [6.45, 7) is 6.55.